The van der Waals surface area contributed by atoms with Gasteiger partial charge in [-0.2, -0.15) is 5.26 Å². The molecule has 2 fully saturated rings. The number of anilines is 2. The number of ether oxygens (including phenoxy) is 2. The topological polar surface area (TPSA) is 154 Å². The van der Waals surface area contributed by atoms with Crippen molar-refractivity contribution in [2.24, 2.45) is 0 Å². The van der Waals surface area contributed by atoms with E-state index >= 15 is 0 Å². The highest BCUT2D eigenvalue weighted by molar-refractivity contribution is 6.33. The van der Waals surface area contributed by atoms with Crippen LogP contribution < -0.4 is 15.4 Å². The zero-order valence-electron chi connectivity index (χ0n) is 25.3. The van der Waals surface area contributed by atoms with Crippen LogP contribution in [0.4, 0.5) is 15.9 Å². The van der Waals surface area contributed by atoms with E-state index in [9.17, 15) is 18.8 Å². The van der Waals surface area contributed by atoms with Gasteiger partial charge in [-0.05, 0) is 42.8 Å². The fourth-order valence-electron chi connectivity index (χ4n) is 5.87. The molecule has 4 aromatic rings. The van der Waals surface area contributed by atoms with E-state index in [0.29, 0.717) is 79.6 Å². The highest BCUT2D eigenvalue weighted by Gasteiger charge is 2.35. The van der Waals surface area contributed by atoms with Crippen LogP contribution in [0.25, 0.3) is 16.9 Å². The molecule has 6 rings (SSSR count). The molecular weight excluding hydrogens is 631 g/mol. The SMILES string of the molecule is Cc1cc(Nc2nccn3c(-c4ccc(OCC#N)c(F)c4Cl)cnc23)ccc1C(=O)N1CCN(C(=O)[C@@H]2C[C@@H](OC=O)CN2)CC1. The number of benzene rings is 2. The zero-order valence-corrected chi connectivity index (χ0v) is 26.0. The molecule has 47 heavy (non-hydrogen) atoms. The van der Waals surface area contributed by atoms with Crippen molar-refractivity contribution in [3.8, 4) is 23.1 Å². The van der Waals surface area contributed by atoms with E-state index in [0.717, 1.165) is 5.56 Å². The van der Waals surface area contributed by atoms with Gasteiger partial charge in [-0.25, -0.2) is 14.4 Å². The van der Waals surface area contributed by atoms with E-state index in [-0.39, 0.29) is 35.3 Å². The molecule has 0 unspecified atom stereocenters. The van der Waals surface area contributed by atoms with Gasteiger partial charge in [-0.3, -0.25) is 18.8 Å². The first-order chi connectivity index (χ1) is 22.8. The summed E-state index contributed by atoms with van der Waals surface area (Å²) in [6.45, 7) is 4.03. The van der Waals surface area contributed by atoms with Crippen LogP contribution in [0.1, 0.15) is 22.3 Å². The molecule has 242 valence electrons. The van der Waals surface area contributed by atoms with Gasteiger partial charge in [-0.1, -0.05) is 11.6 Å². The molecule has 2 aliphatic heterocycles. The Bertz CT molecular complexity index is 1890. The van der Waals surface area contributed by atoms with E-state index < -0.39 is 11.9 Å². The summed E-state index contributed by atoms with van der Waals surface area (Å²) in [7, 11) is 0. The van der Waals surface area contributed by atoms with Gasteiger partial charge >= 0.3 is 0 Å². The number of aryl methyl sites for hydroxylation is 1. The van der Waals surface area contributed by atoms with Crippen molar-refractivity contribution >= 4 is 47.0 Å². The molecule has 2 saturated heterocycles. The van der Waals surface area contributed by atoms with Gasteiger partial charge in [0.25, 0.3) is 12.4 Å². The van der Waals surface area contributed by atoms with Gasteiger partial charge in [0.1, 0.15) is 12.2 Å². The van der Waals surface area contributed by atoms with Crippen molar-refractivity contribution in [2.45, 2.75) is 25.5 Å². The number of carbonyl (C=O) groups is 3. The first-order valence-corrected chi connectivity index (χ1v) is 15.2. The number of imidazole rings is 1. The molecule has 0 saturated carbocycles. The van der Waals surface area contributed by atoms with E-state index in [2.05, 4.69) is 20.6 Å². The normalized spacial score (nSPS) is 17.7. The van der Waals surface area contributed by atoms with Crippen LogP contribution in [0, 0.1) is 24.1 Å². The van der Waals surface area contributed by atoms with Crippen LogP contribution in [-0.2, 0) is 14.3 Å². The van der Waals surface area contributed by atoms with Gasteiger partial charge < -0.3 is 29.9 Å². The zero-order chi connectivity index (χ0) is 33.1. The Balaban J connectivity index is 1.12. The minimum absolute atomic E-state index is 0.0521. The maximum absolute atomic E-state index is 14.9. The van der Waals surface area contributed by atoms with Gasteiger partial charge in [0, 0.05) is 68.4 Å². The van der Waals surface area contributed by atoms with Crippen molar-refractivity contribution < 1.29 is 28.2 Å². The van der Waals surface area contributed by atoms with Gasteiger partial charge in [0.2, 0.25) is 5.91 Å². The summed E-state index contributed by atoms with van der Waals surface area (Å²) in [5.74, 6) is -0.630. The summed E-state index contributed by atoms with van der Waals surface area (Å²) in [6, 6.07) is 9.78. The number of halogens is 2. The van der Waals surface area contributed by atoms with E-state index in [1.807, 2.05) is 13.0 Å². The molecule has 0 bridgehead atoms. The number of amides is 2. The minimum atomic E-state index is -0.774. The van der Waals surface area contributed by atoms with Crippen molar-refractivity contribution in [1.29, 1.82) is 5.26 Å². The third kappa shape index (κ3) is 6.40. The van der Waals surface area contributed by atoms with Crippen LogP contribution >= 0.6 is 11.6 Å². The van der Waals surface area contributed by atoms with Crippen LogP contribution in [0.15, 0.2) is 48.9 Å². The van der Waals surface area contributed by atoms with Crippen LogP contribution in [-0.4, -0.2) is 93.9 Å². The lowest BCUT2D eigenvalue weighted by Gasteiger charge is -2.36. The van der Waals surface area contributed by atoms with Gasteiger partial charge in [0.05, 0.1) is 23.0 Å². The van der Waals surface area contributed by atoms with E-state index in [1.54, 1.807) is 57.1 Å². The van der Waals surface area contributed by atoms with Crippen molar-refractivity contribution in [3.05, 3.63) is 70.9 Å². The summed E-state index contributed by atoms with van der Waals surface area (Å²) in [5.41, 5.74) is 3.37. The molecule has 2 aromatic heterocycles. The number of aromatic nitrogens is 3. The fraction of sp³-hybridized carbons (Fsp3) is 0.312. The summed E-state index contributed by atoms with van der Waals surface area (Å²) in [6.07, 6.45) is 4.94. The molecule has 0 aliphatic carbocycles. The highest BCUT2D eigenvalue weighted by atomic mass is 35.5. The number of nitrogens with one attached hydrogen (secondary N) is 2. The summed E-state index contributed by atoms with van der Waals surface area (Å²) in [4.78, 5) is 49.4. The summed E-state index contributed by atoms with van der Waals surface area (Å²) in [5, 5.41) is 14.9. The predicted octanol–water partition coefficient (Wildman–Crippen LogP) is 3.33. The molecule has 0 radical (unpaired) electrons. The molecule has 13 nitrogen and oxygen atoms in total. The standard InChI is InChI=1S/C32H30ClFN8O5/c1-19-14-20(2-3-22(19)31(44)40-9-11-41(12-10-40)32(45)24-15-21(16-37-24)47-18-43)39-29-30-38-17-25(42(30)8-7-36-29)23-4-5-26(46-13-6-35)28(34)27(23)33/h2-5,7-8,14,17-18,21,24,37H,9-13,15-16H2,1H3,(H,36,39)/t21-,24+/m1/s1. The van der Waals surface area contributed by atoms with E-state index in [4.69, 9.17) is 26.3 Å². The molecule has 0 spiro atoms. The second-order valence-electron chi connectivity index (χ2n) is 11.1. The molecule has 2 aliphatic rings. The predicted molar refractivity (Wildman–Crippen MR) is 169 cm³/mol. The molecule has 4 heterocycles. The number of rotatable bonds is 9. The lowest BCUT2D eigenvalue weighted by Crippen LogP contribution is -2.54. The Labute approximate surface area is 273 Å². The van der Waals surface area contributed by atoms with E-state index in [1.165, 1.54) is 6.07 Å². The number of nitrogens with zero attached hydrogens (tertiary/aromatic N) is 6. The largest absolute Gasteiger partial charge is 0.476 e. The second-order valence-corrected chi connectivity index (χ2v) is 11.5. The molecular formula is C32H30ClFN8O5. The molecule has 2 atom stereocenters. The average Bonchev–Trinajstić information content (AvgIpc) is 3.73. The Morgan fingerprint density at radius 1 is 1.19 bits per heavy atom. The fourth-order valence-corrected chi connectivity index (χ4v) is 6.12. The first kappa shape index (κ1) is 31.7. The highest BCUT2D eigenvalue weighted by Crippen LogP contribution is 2.36. The number of nitriles is 1. The van der Waals surface area contributed by atoms with Crippen LogP contribution in [0.2, 0.25) is 5.02 Å². The third-order valence-corrected chi connectivity index (χ3v) is 8.65. The Morgan fingerprint density at radius 3 is 2.72 bits per heavy atom. The maximum atomic E-state index is 14.9. The van der Waals surface area contributed by atoms with Crippen molar-refractivity contribution in [1.82, 2.24) is 29.5 Å². The second kappa shape index (κ2) is 13.6. The quantitative estimate of drug-likeness (QED) is 0.256. The summed E-state index contributed by atoms with van der Waals surface area (Å²) >= 11 is 6.34. The first-order valence-electron chi connectivity index (χ1n) is 14.9. The third-order valence-electron chi connectivity index (χ3n) is 8.28. The number of piperazine rings is 1. The monoisotopic (exact) mass is 660 g/mol. The molecule has 2 N–H and O–H groups in total. The molecule has 15 heteroatoms. The van der Waals surface area contributed by atoms with Gasteiger partial charge in [0.15, 0.2) is 29.6 Å². The Kier molecular flexibility index (Phi) is 9.19. The molecule has 2 amide bonds. The molecule has 2 aromatic carbocycles. The smallest absolute Gasteiger partial charge is 0.293 e. The maximum Gasteiger partial charge on any atom is 0.293 e. The lowest BCUT2D eigenvalue weighted by molar-refractivity contribution is -0.136. The minimum Gasteiger partial charge on any atom is -0.476 e. The Hall–Kier alpha value is -5.26. The van der Waals surface area contributed by atoms with Gasteiger partial charge in [-0.15, -0.1) is 0 Å². The van der Waals surface area contributed by atoms with Crippen LogP contribution in [0.5, 0.6) is 5.75 Å². The summed E-state index contributed by atoms with van der Waals surface area (Å²) < 4.78 is 26.7. The van der Waals surface area contributed by atoms with Crippen molar-refractivity contribution in [2.75, 3.05) is 44.6 Å². The number of fused-ring (bicyclic) bond motifs is 1. The van der Waals surface area contributed by atoms with Crippen molar-refractivity contribution in [3.63, 3.8) is 0 Å². The number of carbonyl (C=O) groups excluding carboxylic acids is 3. The number of hydrogen-bond acceptors (Lipinski definition) is 10. The number of hydrogen-bond donors (Lipinski definition) is 2. The Morgan fingerprint density at radius 2 is 1.98 bits per heavy atom. The average molecular weight is 661 g/mol. The van der Waals surface area contributed by atoms with Crippen LogP contribution in [0.3, 0.4) is 0 Å². The lowest BCUT2D eigenvalue weighted by atomic mass is 10.1.